The molecule has 35 heavy (non-hydrogen) atoms. The van der Waals surface area contributed by atoms with Crippen molar-refractivity contribution < 1.29 is 13.2 Å². The highest BCUT2D eigenvalue weighted by molar-refractivity contribution is 7.92. The number of sulfone groups is 1. The molecule has 1 aliphatic rings. The molecule has 4 rings (SSSR count). The molecule has 1 aliphatic heterocycles. The topological polar surface area (TPSA) is 101 Å². The Kier molecular flexibility index (Phi) is 6.93. The van der Waals surface area contributed by atoms with E-state index < -0.39 is 15.1 Å². The van der Waals surface area contributed by atoms with Crippen molar-refractivity contribution in [1.82, 2.24) is 24.6 Å². The van der Waals surface area contributed by atoms with Gasteiger partial charge in [-0.2, -0.15) is 5.10 Å². The van der Waals surface area contributed by atoms with Crippen molar-refractivity contribution in [2.24, 2.45) is 0 Å². The minimum absolute atomic E-state index is 0.0336. The fourth-order valence-electron chi connectivity index (χ4n) is 4.21. The molecule has 0 spiro atoms. The van der Waals surface area contributed by atoms with E-state index in [0.29, 0.717) is 32.0 Å². The number of anilines is 1. The first-order valence-electron chi connectivity index (χ1n) is 11.8. The lowest BCUT2D eigenvalue weighted by molar-refractivity contribution is -0.130. The predicted octanol–water partition coefficient (Wildman–Crippen LogP) is 2.66. The average molecular weight is 497 g/mol. The normalized spacial score (nSPS) is 14.6. The second-order valence-corrected chi connectivity index (χ2v) is 11.8. The lowest BCUT2D eigenvalue weighted by atomic mass is 10.1. The molecule has 1 fully saturated rings. The first-order chi connectivity index (χ1) is 16.5. The summed E-state index contributed by atoms with van der Waals surface area (Å²) in [7, 11) is -3.32. The number of hydrogen-bond donors (Lipinski definition) is 0. The molecule has 0 radical (unpaired) electrons. The molecular weight excluding hydrogens is 464 g/mol. The lowest BCUT2D eigenvalue weighted by Gasteiger charge is -2.35. The summed E-state index contributed by atoms with van der Waals surface area (Å²) >= 11 is 0. The summed E-state index contributed by atoms with van der Waals surface area (Å²) in [5.74, 6) is 2.27. The van der Waals surface area contributed by atoms with Crippen LogP contribution in [0.1, 0.15) is 36.6 Å². The van der Waals surface area contributed by atoms with Crippen molar-refractivity contribution in [3.8, 4) is 5.82 Å². The van der Waals surface area contributed by atoms with E-state index in [-0.39, 0.29) is 17.2 Å². The average Bonchev–Trinajstić information content (AvgIpc) is 3.17. The summed E-state index contributed by atoms with van der Waals surface area (Å²) < 4.78 is 26.4. The second-order valence-electron chi connectivity index (χ2n) is 9.25. The van der Waals surface area contributed by atoms with E-state index in [4.69, 9.17) is 0 Å². The van der Waals surface area contributed by atoms with Gasteiger partial charge in [-0.15, -0.1) is 0 Å². The maximum Gasteiger partial charge on any atom is 0.227 e. The molecule has 1 aromatic carbocycles. The third-order valence-electron chi connectivity index (χ3n) is 6.22. The van der Waals surface area contributed by atoms with Gasteiger partial charge in [0.05, 0.1) is 22.3 Å². The maximum absolute atomic E-state index is 12.9. The van der Waals surface area contributed by atoms with Gasteiger partial charge in [0.15, 0.2) is 15.7 Å². The van der Waals surface area contributed by atoms with E-state index in [1.54, 1.807) is 38.1 Å². The van der Waals surface area contributed by atoms with Crippen molar-refractivity contribution in [3.05, 3.63) is 59.2 Å². The van der Waals surface area contributed by atoms with Crippen LogP contribution in [0.25, 0.3) is 5.82 Å². The highest BCUT2D eigenvalue weighted by atomic mass is 32.2. The van der Waals surface area contributed by atoms with Crippen LogP contribution in [-0.4, -0.2) is 70.4 Å². The van der Waals surface area contributed by atoms with E-state index in [9.17, 15) is 13.2 Å². The summed E-state index contributed by atoms with van der Waals surface area (Å²) in [6.45, 7) is 11.7. The van der Waals surface area contributed by atoms with Crippen molar-refractivity contribution in [2.75, 3.05) is 31.1 Å². The van der Waals surface area contributed by atoms with Gasteiger partial charge in [-0.05, 0) is 58.4 Å². The van der Waals surface area contributed by atoms with Crippen LogP contribution in [0.2, 0.25) is 0 Å². The highest BCUT2D eigenvalue weighted by Crippen LogP contribution is 2.20. The smallest absolute Gasteiger partial charge is 0.227 e. The van der Waals surface area contributed by atoms with Crippen LogP contribution in [-0.2, 0) is 21.1 Å². The number of carbonyl (C=O) groups excluding carboxylic acids is 1. The molecule has 0 bridgehead atoms. The van der Waals surface area contributed by atoms with Gasteiger partial charge in [-0.25, -0.2) is 23.1 Å². The molecule has 9 nitrogen and oxygen atoms in total. The standard InChI is InChI=1S/C25H32N6O3S/c1-17(2)35(33,34)22-8-6-21(7-9-22)15-25(32)30-12-10-29(11-13-30)23-16-24(27-20(5)26-23)31-19(4)14-18(3)28-31/h6-9,14,16-17H,10-13,15H2,1-5H3. The Morgan fingerprint density at radius 3 is 2.14 bits per heavy atom. The van der Waals surface area contributed by atoms with Crippen LogP contribution < -0.4 is 4.90 Å². The van der Waals surface area contributed by atoms with Gasteiger partial charge >= 0.3 is 0 Å². The summed E-state index contributed by atoms with van der Waals surface area (Å²) in [6.07, 6.45) is 0.247. The minimum atomic E-state index is -3.32. The van der Waals surface area contributed by atoms with E-state index >= 15 is 0 Å². The third kappa shape index (κ3) is 5.37. The first kappa shape index (κ1) is 24.8. The Balaban J connectivity index is 1.39. The van der Waals surface area contributed by atoms with Gasteiger partial charge in [-0.1, -0.05) is 12.1 Å². The Morgan fingerprint density at radius 2 is 1.57 bits per heavy atom. The van der Waals surface area contributed by atoms with Gasteiger partial charge in [0.1, 0.15) is 11.6 Å². The number of hydrogen-bond acceptors (Lipinski definition) is 7. The SMILES string of the molecule is Cc1cc(C)n(-c2cc(N3CCN(C(=O)Cc4ccc(S(=O)(=O)C(C)C)cc4)CC3)nc(C)n2)n1. The number of rotatable bonds is 6. The molecule has 2 aromatic heterocycles. The van der Waals surface area contributed by atoms with Gasteiger partial charge in [0.2, 0.25) is 5.91 Å². The zero-order valence-electron chi connectivity index (χ0n) is 20.9. The van der Waals surface area contributed by atoms with Crippen molar-refractivity contribution in [3.63, 3.8) is 0 Å². The molecule has 0 unspecified atom stereocenters. The summed E-state index contributed by atoms with van der Waals surface area (Å²) in [5, 5.41) is 4.05. The van der Waals surface area contributed by atoms with Crippen LogP contribution in [0.3, 0.4) is 0 Å². The maximum atomic E-state index is 12.9. The monoisotopic (exact) mass is 496 g/mol. The van der Waals surface area contributed by atoms with Gasteiger partial charge in [0, 0.05) is 37.9 Å². The molecule has 0 saturated carbocycles. The van der Waals surface area contributed by atoms with Crippen LogP contribution >= 0.6 is 0 Å². The molecule has 0 atom stereocenters. The number of piperazine rings is 1. The third-order valence-corrected chi connectivity index (χ3v) is 8.39. The first-order valence-corrected chi connectivity index (χ1v) is 13.3. The van der Waals surface area contributed by atoms with Crippen molar-refractivity contribution in [2.45, 2.75) is 51.2 Å². The van der Waals surface area contributed by atoms with Crippen molar-refractivity contribution >= 4 is 21.6 Å². The Morgan fingerprint density at radius 1 is 0.943 bits per heavy atom. The molecular formula is C25H32N6O3S. The Bertz CT molecular complexity index is 1320. The fourth-order valence-corrected chi connectivity index (χ4v) is 5.27. The largest absolute Gasteiger partial charge is 0.353 e. The van der Waals surface area contributed by atoms with E-state index in [1.807, 2.05) is 42.5 Å². The van der Waals surface area contributed by atoms with Gasteiger partial charge < -0.3 is 9.80 Å². The van der Waals surface area contributed by atoms with E-state index in [2.05, 4.69) is 20.0 Å². The molecule has 3 aromatic rings. The van der Waals surface area contributed by atoms with Crippen molar-refractivity contribution in [1.29, 1.82) is 0 Å². The summed E-state index contributed by atoms with van der Waals surface area (Å²) in [5.41, 5.74) is 2.75. The molecule has 1 saturated heterocycles. The van der Waals surface area contributed by atoms with Crippen LogP contribution in [0, 0.1) is 20.8 Å². The Labute approximate surface area is 206 Å². The molecule has 1 amide bonds. The van der Waals surface area contributed by atoms with Gasteiger partial charge in [0.25, 0.3) is 0 Å². The predicted molar refractivity (Wildman–Crippen MR) is 135 cm³/mol. The van der Waals surface area contributed by atoms with E-state index in [0.717, 1.165) is 28.6 Å². The van der Waals surface area contributed by atoms with Crippen LogP contribution in [0.5, 0.6) is 0 Å². The molecule has 0 N–H and O–H groups in total. The highest BCUT2D eigenvalue weighted by Gasteiger charge is 2.24. The van der Waals surface area contributed by atoms with Crippen LogP contribution in [0.15, 0.2) is 41.3 Å². The molecule has 0 aliphatic carbocycles. The zero-order valence-corrected chi connectivity index (χ0v) is 21.7. The lowest BCUT2D eigenvalue weighted by Crippen LogP contribution is -2.49. The second kappa shape index (κ2) is 9.77. The molecule has 186 valence electrons. The number of nitrogens with zero attached hydrogens (tertiary/aromatic N) is 6. The van der Waals surface area contributed by atoms with Gasteiger partial charge in [-0.3, -0.25) is 4.79 Å². The molecule has 10 heteroatoms. The molecule has 3 heterocycles. The summed E-state index contributed by atoms with van der Waals surface area (Å²) in [6, 6.07) is 10.6. The fraction of sp³-hybridized carbons (Fsp3) is 0.440. The quantitative estimate of drug-likeness (QED) is 0.517. The van der Waals surface area contributed by atoms with E-state index in [1.165, 1.54) is 0 Å². The minimum Gasteiger partial charge on any atom is -0.353 e. The number of carbonyl (C=O) groups is 1. The number of aromatic nitrogens is 4. The summed E-state index contributed by atoms with van der Waals surface area (Å²) in [4.78, 5) is 26.4. The van der Waals surface area contributed by atoms with Crippen LogP contribution in [0.4, 0.5) is 5.82 Å². The Hall–Kier alpha value is -3.27. The number of benzene rings is 1. The number of aryl methyl sites for hydroxylation is 3. The number of amides is 1. The zero-order chi connectivity index (χ0) is 25.3.